The molecule has 6 rings (SSSR count). The number of benzene rings is 2. The van der Waals surface area contributed by atoms with E-state index in [-0.39, 0.29) is 62.6 Å². The van der Waals surface area contributed by atoms with Crippen LogP contribution in [0.1, 0.15) is 106 Å². The highest BCUT2D eigenvalue weighted by atomic mass is 32.2. The number of hydrogen-bond acceptors (Lipinski definition) is 21. The number of urea groups is 1. The summed E-state index contributed by atoms with van der Waals surface area (Å²) in [4.78, 5) is 114. The quantitative estimate of drug-likeness (QED) is 0.0284. The molecule has 2 aromatic carbocycles. The van der Waals surface area contributed by atoms with Crippen LogP contribution in [0.2, 0.25) is 0 Å². The van der Waals surface area contributed by atoms with Crippen LogP contribution < -0.4 is 32.3 Å². The van der Waals surface area contributed by atoms with E-state index in [0.717, 1.165) is 44.9 Å². The van der Waals surface area contributed by atoms with Gasteiger partial charge in [-0.25, -0.2) is 9.80 Å². The van der Waals surface area contributed by atoms with Crippen molar-refractivity contribution >= 4 is 81.6 Å². The number of amides is 7. The van der Waals surface area contributed by atoms with Crippen molar-refractivity contribution in [3.05, 3.63) is 102 Å². The highest BCUT2D eigenvalue weighted by Gasteiger charge is 2.35. The Hall–Kier alpha value is -7.78. The molecule has 4 atom stereocenters. The number of carbonyl (C=O) groups excluding carboxylic acids is 6. The maximum Gasteiger partial charge on any atom is 0.322 e. The van der Waals surface area contributed by atoms with Gasteiger partial charge in [0.1, 0.15) is 12.1 Å². The number of nitrogens with two attached hydrogens (primary N) is 1. The molecular weight excluding hydrogens is 1290 g/mol. The third-order valence-electron chi connectivity index (χ3n) is 15.8. The average Bonchev–Trinajstić information content (AvgIpc) is 0.957. The predicted octanol–water partition coefficient (Wildman–Crippen LogP) is 4.38. The molecule has 0 bridgehead atoms. The van der Waals surface area contributed by atoms with Crippen molar-refractivity contribution in [1.29, 1.82) is 0 Å². The minimum absolute atomic E-state index is 0.119. The minimum Gasteiger partial charge on any atom is -0.481 e. The van der Waals surface area contributed by atoms with Crippen molar-refractivity contribution < 1.29 is 86.5 Å². The number of hydrogen-bond donors (Lipinski definition) is 8. The highest BCUT2D eigenvalue weighted by Crippen LogP contribution is 2.35. The number of carboxylic acid groups (broad SMARTS) is 2. The number of pyridine rings is 2. The summed E-state index contributed by atoms with van der Waals surface area (Å²) in [7, 11) is 1.62. The van der Waals surface area contributed by atoms with Gasteiger partial charge in [0, 0.05) is 99.3 Å². The molecule has 0 fully saturated rings. The topological polar surface area (TPSA) is 382 Å². The van der Waals surface area contributed by atoms with E-state index < -0.39 is 65.4 Å². The molecule has 2 unspecified atom stereocenters. The standard InChI is InChI=1S/C68H97N11O18S/c1-68(43-63(83)84,98-48-56(69)66(87)88)42-61(81)74-45-62(82)76-58(13-5-7-21-72-60(80)20-26-91-29-30-93-33-34-95-37-38-97-40-39-96-36-35-94-32-31-92-28-27-90-2)64(85)73-22-6-3-4-8-25-79-65(86)55(53-11-9-14-57-54(53)12-10-23-71-57)41-59(77-79)49-15-17-52(18-16-49)75-67(89)78-46-50-19-24-70-44-51(50)47-78/h9-12,14-19,23-24,44,55-56,58H,3-8,13,20-22,25-43,45-48,69H2,1-2H3,(H,72,80)(H,73,85)(H,74,81)(H,75,89)(H,76,82)(H,83,84)(H,87,88)/t55?,56-,58-,68?/m0/s1. The first kappa shape index (κ1) is 79.2. The van der Waals surface area contributed by atoms with Gasteiger partial charge in [0.15, 0.2) is 0 Å². The van der Waals surface area contributed by atoms with Crippen molar-refractivity contribution in [1.82, 2.24) is 41.1 Å². The third kappa shape index (κ3) is 29.7. The Morgan fingerprint density at radius 3 is 1.94 bits per heavy atom. The molecule has 538 valence electrons. The maximum absolute atomic E-state index is 14.4. The number of rotatable bonds is 51. The van der Waals surface area contributed by atoms with E-state index in [1.165, 1.54) is 6.92 Å². The summed E-state index contributed by atoms with van der Waals surface area (Å²) in [5.74, 6) is -5.36. The van der Waals surface area contributed by atoms with Crippen molar-refractivity contribution in [2.75, 3.05) is 143 Å². The van der Waals surface area contributed by atoms with Crippen LogP contribution in [0.4, 0.5) is 10.5 Å². The molecule has 0 saturated carbocycles. The first-order valence-corrected chi connectivity index (χ1v) is 34.3. The van der Waals surface area contributed by atoms with Crippen LogP contribution in [-0.4, -0.2) is 238 Å². The summed E-state index contributed by atoms with van der Waals surface area (Å²) in [6, 6.07) is 16.4. The van der Waals surface area contributed by atoms with E-state index in [1.807, 2.05) is 60.7 Å². The molecule has 2 aromatic heterocycles. The largest absolute Gasteiger partial charge is 0.481 e. The molecular formula is C68H97N11O18S. The maximum atomic E-state index is 14.4. The first-order chi connectivity index (χ1) is 47.5. The van der Waals surface area contributed by atoms with Gasteiger partial charge in [-0.15, -0.1) is 0 Å². The lowest BCUT2D eigenvalue weighted by atomic mass is 9.86. The Morgan fingerprint density at radius 1 is 0.673 bits per heavy atom. The molecule has 98 heavy (non-hydrogen) atoms. The van der Waals surface area contributed by atoms with Gasteiger partial charge in [0.05, 0.1) is 129 Å². The molecule has 4 aromatic rings. The number of ether oxygens (including phenoxy) is 8. The molecule has 2 aliphatic rings. The molecule has 9 N–H and O–H groups in total. The van der Waals surface area contributed by atoms with E-state index in [0.29, 0.717) is 168 Å². The normalized spacial score (nSPS) is 14.8. The van der Waals surface area contributed by atoms with Gasteiger partial charge in [-0.1, -0.05) is 43.2 Å². The second-order valence-electron chi connectivity index (χ2n) is 23.6. The minimum atomic E-state index is -1.29. The number of hydrazone groups is 1. The summed E-state index contributed by atoms with van der Waals surface area (Å²) < 4.78 is 42.0. The van der Waals surface area contributed by atoms with Gasteiger partial charge in [-0.3, -0.25) is 43.5 Å². The van der Waals surface area contributed by atoms with Gasteiger partial charge < -0.3 is 85.3 Å². The predicted molar refractivity (Wildman–Crippen MR) is 365 cm³/mol. The summed E-state index contributed by atoms with van der Waals surface area (Å²) in [6.07, 6.45) is 8.48. The van der Waals surface area contributed by atoms with Gasteiger partial charge in [-0.05, 0) is 91.6 Å². The number of aliphatic carboxylic acids is 2. The van der Waals surface area contributed by atoms with Crippen molar-refractivity contribution in [3.63, 3.8) is 0 Å². The highest BCUT2D eigenvalue weighted by molar-refractivity contribution is 8.00. The van der Waals surface area contributed by atoms with E-state index >= 15 is 0 Å². The Kier molecular flexibility index (Phi) is 36.4. The Bertz CT molecular complexity index is 3140. The van der Waals surface area contributed by atoms with Crippen LogP contribution in [-0.2, 0) is 84.5 Å². The number of aromatic nitrogens is 2. The average molecular weight is 1390 g/mol. The fourth-order valence-electron chi connectivity index (χ4n) is 10.6. The first-order valence-electron chi connectivity index (χ1n) is 33.3. The fourth-order valence-corrected chi connectivity index (χ4v) is 11.7. The number of thioether (sulfide) groups is 1. The van der Waals surface area contributed by atoms with E-state index in [9.17, 15) is 48.6 Å². The molecule has 7 amide bonds. The lowest BCUT2D eigenvalue weighted by Crippen LogP contribution is -2.50. The number of nitrogens with zero attached hydrogens (tertiary/aromatic N) is 5. The smallest absolute Gasteiger partial charge is 0.322 e. The SMILES string of the molecule is COCCOCCOCCOCCOCCOCCOCCOCCC(=O)NCCCC[C@H](NC(=O)CNC(=O)CC(C)(CC(=O)O)SC[C@H](N)C(=O)O)C(=O)NCCCCCCN1N=C(c2ccc(NC(=O)N3Cc4ccncc4C3)cc2)CC(c2cccc3ncccc23)C1=O. The molecule has 30 heteroatoms. The summed E-state index contributed by atoms with van der Waals surface area (Å²) in [5, 5.41) is 40.1. The Labute approximate surface area is 576 Å². The van der Waals surface area contributed by atoms with Gasteiger partial charge in [-0.2, -0.15) is 16.9 Å². The second-order valence-corrected chi connectivity index (χ2v) is 25.2. The van der Waals surface area contributed by atoms with Crippen LogP contribution >= 0.6 is 11.8 Å². The fraction of sp³-hybridized carbons (Fsp3) is 0.574. The zero-order chi connectivity index (χ0) is 70.2. The zero-order valence-corrected chi connectivity index (χ0v) is 57.0. The number of carboxylic acids is 2. The van der Waals surface area contributed by atoms with Crippen LogP contribution in [0, 0.1) is 0 Å². The van der Waals surface area contributed by atoms with E-state index in [4.69, 9.17) is 48.7 Å². The van der Waals surface area contributed by atoms with Crippen LogP contribution in [0.25, 0.3) is 10.9 Å². The molecule has 0 saturated heterocycles. The van der Waals surface area contributed by atoms with Crippen molar-refractivity contribution in [2.45, 2.75) is 113 Å². The van der Waals surface area contributed by atoms with Crippen LogP contribution in [0.3, 0.4) is 0 Å². The van der Waals surface area contributed by atoms with Gasteiger partial charge >= 0.3 is 18.0 Å². The van der Waals surface area contributed by atoms with Crippen LogP contribution in [0.15, 0.2) is 84.4 Å². The lowest BCUT2D eigenvalue weighted by Gasteiger charge is -2.30. The Morgan fingerprint density at radius 2 is 1.30 bits per heavy atom. The molecule has 4 heterocycles. The van der Waals surface area contributed by atoms with E-state index in [1.54, 1.807) is 35.6 Å². The summed E-state index contributed by atoms with van der Waals surface area (Å²) in [6.45, 7) is 9.14. The van der Waals surface area contributed by atoms with Crippen molar-refractivity contribution in [3.8, 4) is 0 Å². The number of methoxy groups -OCH3 is 1. The molecule has 0 aliphatic carbocycles. The molecule has 0 radical (unpaired) electrons. The molecule has 2 aliphatic heterocycles. The summed E-state index contributed by atoms with van der Waals surface area (Å²) in [5.41, 5.74) is 11.5. The van der Waals surface area contributed by atoms with Crippen molar-refractivity contribution in [2.24, 2.45) is 10.8 Å². The summed E-state index contributed by atoms with van der Waals surface area (Å²) >= 11 is 0.931. The zero-order valence-electron chi connectivity index (χ0n) is 56.2. The monoisotopic (exact) mass is 1390 g/mol. The number of unbranched alkanes of at least 4 members (excludes halogenated alkanes) is 4. The number of anilines is 1. The van der Waals surface area contributed by atoms with Crippen LogP contribution in [0.5, 0.6) is 0 Å². The van der Waals surface area contributed by atoms with Gasteiger partial charge in [0.25, 0.3) is 5.91 Å². The Balaban J connectivity index is 0.913. The number of nitrogens with one attached hydrogen (secondary N) is 5. The molecule has 0 spiro atoms. The second kappa shape index (κ2) is 45.0. The lowest BCUT2D eigenvalue weighted by molar-refractivity contribution is -0.138. The number of fused-ring (bicyclic) bond motifs is 2. The third-order valence-corrected chi connectivity index (χ3v) is 17.3. The van der Waals surface area contributed by atoms with E-state index in [2.05, 4.69) is 36.6 Å². The van der Waals surface area contributed by atoms with Gasteiger partial charge in [0.2, 0.25) is 23.6 Å². The molecule has 29 nitrogen and oxygen atoms in total. The number of carbonyl (C=O) groups is 8.